The van der Waals surface area contributed by atoms with E-state index in [1.165, 1.54) is 7.11 Å². The van der Waals surface area contributed by atoms with E-state index >= 15 is 0 Å². The van der Waals surface area contributed by atoms with Crippen LogP contribution in [0, 0.1) is 0 Å². The molecule has 1 N–H and O–H groups in total. The predicted molar refractivity (Wildman–Crippen MR) is 104 cm³/mol. The van der Waals surface area contributed by atoms with Crippen LogP contribution in [0.3, 0.4) is 0 Å². The van der Waals surface area contributed by atoms with Gasteiger partial charge in [0.25, 0.3) is 0 Å². The number of nitrogens with one attached hydrogen (secondary N) is 1. The van der Waals surface area contributed by atoms with E-state index < -0.39 is 11.9 Å². The van der Waals surface area contributed by atoms with Crippen LogP contribution < -0.4 is 5.32 Å². The first-order chi connectivity index (χ1) is 13.5. The average Bonchev–Trinajstić information content (AvgIpc) is 3.11. The van der Waals surface area contributed by atoms with Crippen molar-refractivity contribution < 1.29 is 23.6 Å². The highest BCUT2D eigenvalue weighted by Gasteiger charge is 2.25. The number of hydrogen-bond donors (Lipinski definition) is 1. The van der Waals surface area contributed by atoms with Crippen molar-refractivity contribution in [2.75, 3.05) is 19.0 Å². The molecule has 3 rings (SSSR count). The van der Waals surface area contributed by atoms with Gasteiger partial charge in [0.15, 0.2) is 5.56 Å². The fraction of sp³-hybridized carbons (Fsp3) is 0.150. The minimum absolute atomic E-state index is 0.0860. The zero-order valence-corrected chi connectivity index (χ0v) is 15.9. The van der Waals surface area contributed by atoms with E-state index in [2.05, 4.69) is 10.5 Å². The molecule has 2 aromatic carbocycles. The maximum absolute atomic E-state index is 12.4. The van der Waals surface area contributed by atoms with Gasteiger partial charge in [0, 0.05) is 16.3 Å². The van der Waals surface area contributed by atoms with Crippen LogP contribution in [0.15, 0.2) is 53.1 Å². The lowest BCUT2D eigenvalue weighted by Crippen LogP contribution is -2.07. The second-order valence-corrected chi connectivity index (χ2v) is 6.10. The van der Waals surface area contributed by atoms with Crippen molar-refractivity contribution >= 4 is 35.1 Å². The van der Waals surface area contributed by atoms with Crippen molar-refractivity contribution in [2.24, 2.45) is 0 Å². The zero-order chi connectivity index (χ0) is 20.1. The molecule has 0 saturated heterocycles. The van der Waals surface area contributed by atoms with Crippen LogP contribution in [-0.4, -0.2) is 30.8 Å². The molecule has 0 aliphatic heterocycles. The van der Waals surface area contributed by atoms with Crippen molar-refractivity contribution in [3.8, 4) is 11.3 Å². The molecule has 1 aromatic heterocycles. The van der Waals surface area contributed by atoms with Crippen LogP contribution in [0.1, 0.15) is 27.6 Å². The third kappa shape index (κ3) is 4.15. The molecule has 0 atom stereocenters. The number of anilines is 2. The van der Waals surface area contributed by atoms with Gasteiger partial charge in [0.2, 0.25) is 5.88 Å². The molecule has 0 unspecified atom stereocenters. The van der Waals surface area contributed by atoms with Crippen molar-refractivity contribution in [3.05, 3.63) is 64.7 Å². The van der Waals surface area contributed by atoms with Gasteiger partial charge in [-0.3, -0.25) is 0 Å². The Labute approximate surface area is 166 Å². The summed E-state index contributed by atoms with van der Waals surface area (Å²) < 4.78 is 15.2. The van der Waals surface area contributed by atoms with Gasteiger partial charge in [-0.25, -0.2) is 9.59 Å². The Bertz CT molecular complexity index is 1020. The lowest BCUT2D eigenvalue weighted by Gasteiger charge is -2.07. The first-order valence-electron chi connectivity index (χ1n) is 8.41. The lowest BCUT2D eigenvalue weighted by atomic mass is 10.1. The van der Waals surface area contributed by atoms with Crippen molar-refractivity contribution in [3.63, 3.8) is 0 Å². The summed E-state index contributed by atoms with van der Waals surface area (Å²) in [5.41, 5.74) is 1.89. The molecule has 1 heterocycles. The molecule has 0 fully saturated rings. The summed E-state index contributed by atoms with van der Waals surface area (Å²) in [6.45, 7) is 2.00. The zero-order valence-electron chi connectivity index (χ0n) is 15.2. The van der Waals surface area contributed by atoms with E-state index in [-0.39, 0.29) is 18.1 Å². The number of nitrogens with zero attached hydrogens (tertiary/aromatic N) is 1. The first-order valence-corrected chi connectivity index (χ1v) is 8.79. The molecule has 7 nitrogen and oxygen atoms in total. The Morgan fingerprint density at radius 3 is 2.64 bits per heavy atom. The minimum atomic E-state index is -0.625. The third-order valence-electron chi connectivity index (χ3n) is 3.81. The van der Waals surface area contributed by atoms with Crippen LogP contribution >= 0.6 is 11.6 Å². The molecule has 8 heteroatoms. The highest BCUT2D eigenvalue weighted by molar-refractivity contribution is 6.30. The van der Waals surface area contributed by atoms with Gasteiger partial charge >= 0.3 is 11.9 Å². The van der Waals surface area contributed by atoms with Gasteiger partial charge in [-0.05, 0) is 37.3 Å². The number of aromatic nitrogens is 1. The fourth-order valence-corrected chi connectivity index (χ4v) is 2.76. The Kier molecular flexibility index (Phi) is 5.96. The second kappa shape index (κ2) is 8.58. The van der Waals surface area contributed by atoms with Crippen LogP contribution in [-0.2, 0) is 9.47 Å². The number of hydrogen-bond acceptors (Lipinski definition) is 7. The molecule has 0 amide bonds. The number of benzene rings is 2. The molecule has 0 bridgehead atoms. The lowest BCUT2D eigenvalue weighted by molar-refractivity contribution is 0.0525. The van der Waals surface area contributed by atoms with Gasteiger partial charge in [-0.15, -0.1) is 0 Å². The second-order valence-electron chi connectivity index (χ2n) is 5.66. The highest BCUT2D eigenvalue weighted by Crippen LogP contribution is 2.32. The molecule has 0 aliphatic carbocycles. The summed E-state index contributed by atoms with van der Waals surface area (Å²) in [4.78, 5) is 24.3. The van der Waals surface area contributed by atoms with Gasteiger partial charge in [-0.1, -0.05) is 35.0 Å². The quantitative estimate of drug-likeness (QED) is 0.599. The summed E-state index contributed by atoms with van der Waals surface area (Å²) in [6.07, 6.45) is 0. The van der Waals surface area contributed by atoms with Crippen LogP contribution in [0.5, 0.6) is 0 Å². The molecule has 0 spiro atoms. The number of methoxy groups -OCH3 is 1. The number of esters is 2. The van der Waals surface area contributed by atoms with E-state index in [4.69, 9.17) is 25.6 Å². The number of halogens is 1. The summed E-state index contributed by atoms with van der Waals surface area (Å²) in [6, 6.07) is 13.5. The maximum atomic E-state index is 12.4. The number of carbonyl (C=O) groups excluding carboxylic acids is 2. The van der Waals surface area contributed by atoms with E-state index in [1.807, 2.05) is 0 Å². The smallest absolute Gasteiger partial charge is 0.345 e. The van der Waals surface area contributed by atoms with Crippen molar-refractivity contribution in [1.29, 1.82) is 0 Å². The monoisotopic (exact) mass is 400 g/mol. The topological polar surface area (TPSA) is 90.7 Å². The molecule has 0 aliphatic rings. The van der Waals surface area contributed by atoms with Crippen molar-refractivity contribution in [1.82, 2.24) is 5.16 Å². The van der Waals surface area contributed by atoms with Crippen LogP contribution in [0.4, 0.5) is 11.6 Å². The van der Waals surface area contributed by atoms with Gasteiger partial charge < -0.3 is 19.3 Å². The Morgan fingerprint density at radius 1 is 1.14 bits per heavy atom. The third-order valence-corrected chi connectivity index (χ3v) is 4.05. The van der Waals surface area contributed by atoms with E-state index in [9.17, 15) is 9.59 Å². The van der Waals surface area contributed by atoms with Crippen LogP contribution in [0.2, 0.25) is 5.02 Å². The summed E-state index contributed by atoms with van der Waals surface area (Å²) in [5, 5.41) is 7.44. The summed E-state index contributed by atoms with van der Waals surface area (Å²) >= 11 is 6.04. The fourth-order valence-electron chi connectivity index (χ4n) is 2.57. The van der Waals surface area contributed by atoms with Crippen LogP contribution in [0.25, 0.3) is 11.3 Å². The van der Waals surface area contributed by atoms with E-state index in [0.717, 1.165) is 0 Å². The molecular formula is C20H17ClN2O5. The summed E-state index contributed by atoms with van der Waals surface area (Å²) in [5.74, 6) is -0.986. The molecule has 3 aromatic rings. The largest absolute Gasteiger partial charge is 0.465 e. The Morgan fingerprint density at radius 2 is 1.93 bits per heavy atom. The van der Waals surface area contributed by atoms with Gasteiger partial charge in [-0.2, -0.15) is 0 Å². The standard InChI is InChI=1S/C20H17ClN2O5/c1-3-27-19(24)13-7-5-9-15(11-13)22-18-16(20(25)26-2)17(23-28-18)12-6-4-8-14(21)10-12/h4-11,22H,3H2,1-2H3. The average molecular weight is 401 g/mol. The highest BCUT2D eigenvalue weighted by atomic mass is 35.5. The van der Waals surface area contributed by atoms with E-state index in [1.54, 1.807) is 55.5 Å². The SMILES string of the molecule is CCOC(=O)c1cccc(Nc2onc(-c3cccc(Cl)c3)c2C(=O)OC)c1. The normalized spacial score (nSPS) is 10.4. The maximum Gasteiger partial charge on any atom is 0.345 e. The Balaban J connectivity index is 1.98. The number of rotatable bonds is 6. The molecule has 0 saturated carbocycles. The molecule has 28 heavy (non-hydrogen) atoms. The van der Waals surface area contributed by atoms with Crippen molar-refractivity contribution in [2.45, 2.75) is 6.92 Å². The number of ether oxygens (including phenoxy) is 2. The molecular weight excluding hydrogens is 384 g/mol. The molecule has 0 radical (unpaired) electrons. The minimum Gasteiger partial charge on any atom is -0.465 e. The van der Waals surface area contributed by atoms with E-state index in [0.29, 0.717) is 27.5 Å². The Hall–Kier alpha value is -3.32. The first kappa shape index (κ1) is 19.4. The molecule has 144 valence electrons. The predicted octanol–water partition coefficient (Wildman–Crippen LogP) is 4.70. The van der Waals surface area contributed by atoms with Gasteiger partial charge in [0.1, 0.15) is 5.69 Å². The van der Waals surface area contributed by atoms with Gasteiger partial charge in [0.05, 0.1) is 19.3 Å². The number of carbonyl (C=O) groups is 2. The summed E-state index contributed by atoms with van der Waals surface area (Å²) in [7, 11) is 1.27.